The van der Waals surface area contributed by atoms with Crippen LogP contribution < -0.4 is 10.1 Å². The van der Waals surface area contributed by atoms with Gasteiger partial charge in [0.05, 0.1) is 12.5 Å². The van der Waals surface area contributed by atoms with Crippen LogP contribution in [-0.2, 0) is 13.0 Å². The molecule has 1 fully saturated rings. The van der Waals surface area contributed by atoms with E-state index in [-0.39, 0.29) is 5.92 Å². The first-order chi connectivity index (χ1) is 9.88. The molecule has 0 amide bonds. The van der Waals surface area contributed by atoms with Crippen molar-refractivity contribution in [3.63, 3.8) is 0 Å². The molecule has 5 nitrogen and oxygen atoms in total. The molecule has 1 atom stereocenters. The van der Waals surface area contributed by atoms with Crippen LogP contribution in [0.15, 0.2) is 28.8 Å². The van der Waals surface area contributed by atoms with Gasteiger partial charge in [0.2, 0.25) is 5.89 Å². The van der Waals surface area contributed by atoms with Crippen molar-refractivity contribution in [1.82, 2.24) is 15.5 Å². The minimum Gasteiger partial charge on any atom is -0.492 e. The van der Waals surface area contributed by atoms with Crippen LogP contribution in [0.2, 0.25) is 0 Å². The largest absolute Gasteiger partial charge is 0.492 e. The van der Waals surface area contributed by atoms with Crippen LogP contribution in [-0.4, -0.2) is 22.8 Å². The van der Waals surface area contributed by atoms with Crippen molar-refractivity contribution in [2.45, 2.75) is 37.8 Å². The van der Waals surface area contributed by atoms with Crippen LogP contribution in [0.4, 0.5) is 0 Å². The number of benzene rings is 1. The zero-order valence-electron chi connectivity index (χ0n) is 11.2. The van der Waals surface area contributed by atoms with Crippen molar-refractivity contribution in [2.24, 2.45) is 0 Å². The third-order valence-corrected chi connectivity index (χ3v) is 3.84. The summed E-state index contributed by atoms with van der Waals surface area (Å²) in [5.74, 6) is 2.56. The summed E-state index contributed by atoms with van der Waals surface area (Å²) in [7, 11) is 0. The Morgan fingerprint density at radius 3 is 3.05 bits per heavy atom. The third kappa shape index (κ3) is 2.41. The number of hydrogen-bond donors (Lipinski definition) is 1. The van der Waals surface area contributed by atoms with Crippen molar-refractivity contribution in [3.05, 3.63) is 41.5 Å². The lowest BCUT2D eigenvalue weighted by atomic mass is 9.97. The van der Waals surface area contributed by atoms with Gasteiger partial charge in [0.15, 0.2) is 5.82 Å². The van der Waals surface area contributed by atoms with E-state index in [9.17, 15) is 0 Å². The highest BCUT2D eigenvalue weighted by atomic mass is 16.5. The summed E-state index contributed by atoms with van der Waals surface area (Å²) in [4.78, 5) is 4.49. The second kappa shape index (κ2) is 4.90. The molecule has 1 aliphatic carbocycles. The Labute approximate surface area is 117 Å². The molecule has 104 valence electrons. The van der Waals surface area contributed by atoms with E-state index in [0.29, 0.717) is 25.1 Å². The van der Waals surface area contributed by atoms with Crippen LogP contribution >= 0.6 is 0 Å². The average Bonchev–Trinajstić information content (AvgIpc) is 3.21. The molecule has 0 bridgehead atoms. The lowest BCUT2D eigenvalue weighted by molar-refractivity contribution is 0.230. The second-order valence-corrected chi connectivity index (χ2v) is 5.52. The summed E-state index contributed by atoms with van der Waals surface area (Å²) in [6.07, 6.45) is 3.42. The molecule has 2 aromatic rings. The Hall–Kier alpha value is -1.88. The number of aromatic nitrogens is 2. The summed E-state index contributed by atoms with van der Waals surface area (Å²) in [6.45, 7) is 1.30. The molecule has 0 spiro atoms. The Bertz CT molecular complexity index is 607. The van der Waals surface area contributed by atoms with Crippen molar-refractivity contribution in [1.29, 1.82) is 0 Å². The zero-order valence-corrected chi connectivity index (χ0v) is 11.2. The number of rotatable bonds is 4. The highest BCUT2D eigenvalue weighted by molar-refractivity contribution is 5.36. The Balaban J connectivity index is 1.45. The molecule has 0 radical (unpaired) electrons. The summed E-state index contributed by atoms with van der Waals surface area (Å²) in [6, 6.07) is 8.77. The minimum absolute atomic E-state index is 0.159. The number of nitrogens with one attached hydrogen (secondary N) is 1. The fraction of sp³-hybridized carbons (Fsp3) is 0.467. The van der Waals surface area contributed by atoms with Gasteiger partial charge in [-0.1, -0.05) is 23.4 Å². The lowest BCUT2D eigenvalue weighted by Crippen LogP contribution is -2.20. The maximum Gasteiger partial charge on any atom is 0.233 e. The number of fused-ring (bicyclic) bond motifs is 1. The predicted octanol–water partition coefficient (Wildman–Crippen LogP) is 2.04. The topological polar surface area (TPSA) is 60.2 Å². The minimum atomic E-state index is 0.159. The van der Waals surface area contributed by atoms with Gasteiger partial charge in [0, 0.05) is 6.04 Å². The quantitative estimate of drug-likeness (QED) is 0.922. The molecule has 4 rings (SSSR count). The summed E-state index contributed by atoms with van der Waals surface area (Å²) < 4.78 is 11.2. The van der Waals surface area contributed by atoms with E-state index in [1.165, 1.54) is 18.4 Å². The molecule has 1 aromatic heterocycles. The van der Waals surface area contributed by atoms with Gasteiger partial charge in [0.25, 0.3) is 0 Å². The van der Waals surface area contributed by atoms with E-state index >= 15 is 0 Å². The molecule has 1 aromatic carbocycles. The average molecular weight is 271 g/mol. The maximum atomic E-state index is 5.76. The molecule has 2 aliphatic rings. The first-order valence-corrected chi connectivity index (χ1v) is 7.15. The van der Waals surface area contributed by atoms with Crippen molar-refractivity contribution >= 4 is 0 Å². The molecule has 1 N–H and O–H groups in total. The monoisotopic (exact) mass is 271 g/mol. The van der Waals surface area contributed by atoms with E-state index in [4.69, 9.17) is 9.26 Å². The molecule has 1 unspecified atom stereocenters. The number of para-hydroxylation sites is 1. The molecule has 2 heterocycles. The van der Waals surface area contributed by atoms with E-state index in [1.54, 1.807) is 0 Å². The lowest BCUT2D eigenvalue weighted by Gasteiger charge is -2.22. The van der Waals surface area contributed by atoms with Gasteiger partial charge in [-0.05, 0) is 30.9 Å². The first-order valence-electron chi connectivity index (χ1n) is 7.15. The van der Waals surface area contributed by atoms with Gasteiger partial charge in [-0.3, -0.25) is 0 Å². The van der Waals surface area contributed by atoms with Crippen LogP contribution in [0.5, 0.6) is 5.75 Å². The van der Waals surface area contributed by atoms with Crippen LogP contribution in [0.3, 0.4) is 0 Å². The Morgan fingerprint density at radius 1 is 1.25 bits per heavy atom. The van der Waals surface area contributed by atoms with E-state index in [0.717, 1.165) is 18.0 Å². The zero-order chi connectivity index (χ0) is 13.4. The van der Waals surface area contributed by atoms with Gasteiger partial charge in [-0.25, -0.2) is 0 Å². The fourth-order valence-electron chi connectivity index (χ4n) is 2.51. The predicted molar refractivity (Wildman–Crippen MR) is 72.5 cm³/mol. The van der Waals surface area contributed by atoms with Crippen LogP contribution in [0.25, 0.3) is 0 Å². The number of hydrogen-bond acceptors (Lipinski definition) is 5. The van der Waals surface area contributed by atoms with E-state index < -0.39 is 0 Å². The second-order valence-electron chi connectivity index (χ2n) is 5.52. The highest BCUT2D eigenvalue weighted by Crippen LogP contribution is 2.31. The van der Waals surface area contributed by atoms with Gasteiger partial charge >= 0.3 is 0 Å². The molecule has 5 heteroatoms. The maximum absolute atomic E-state index is 5.76. The summed E-state index contributed by atoms with van der Waals surface area (Å²) >= 11 is 0. The van der Waals surface area contributed by atoms with E-state index in [2.05, 4.69) is 21.5 Å². The van der Waals surface area contributed by atoms with Crippen molar-refractivity contribution in [3.8, 4) is 5.75 Å². The van der Waals surface area contributed by atoms with Gasteiger partial charge in [-0.15, -0.1) is 0 Å². The van der Waals surface area contributed by atoms with Crippen LogP contribution in [0.1, 0.15) is 36.0 Å². The normalized spacial score (nSPS) is 21.3. The molecule has 20 heavy (non-hydrogen) atoms. The van der Waals surface area contributed by atoms with Gasteiger partial charge in [-0.2, -0.15) is 4.98 Å². The number of ether oxygens (including phenoxy) is 1. The summed E-state index contributed by atoms with van der Waals surface area (Å²) in [5, 5.41) is 7.43. The fourth-order valence-corrected chi connectivity index (χ4v) is 2.51. The molecular weight excluding hydrogens is 254 g/mol. The molecule has 0 saturated heterocycles. The SMILES string of the molecule is c1ccc2c(c1)CC(c1nc(CNC3CC3)no1)CO2. The Morgan fingerprint density at radius 2 is 2.15 bits per heavy atom. The standard InChI is InChI=1S/C15H17N3O2/c1-2-4-13-10(3-1)7-11(9-19-13)15-17-14(18-20-15)8-16-12-5-6-12/h1-4,11-12,16H,5-9H2. The van der Waals surface area contributed by atoms with Gasteiger partial charge in [0.1, 0.15) is 12.4 Å². The van der Waals surface area contributed by atoms with Crippen molar-refractivity contribution < 1.29 is 9.26 Å². The molecular formula is C15H17N3O2. The van der Waals surface area contributed by atoms with Gasteiger partial charge < -0.3 is 14.6 Å². The third-order valence-electron chi connectivity index (χ3n) is 3.84. The first kappa shape index (κ1) is 11.9. The Kier molecular flexibility index (Phi) is 2.92. The van der Waals surface area contributed by atoms with Crippen molar-refractivity contribution in [2.75, 3.05) is 6.61 Å². The smallest absolute Gasteiger partial charge is 0.233 e. The highest BCUT2D eigenvalue weighted by Gasteiger charge is 2.26. The molecule has 1 saturated carbocycles. The number of nitrogens with zero attached hydrogens (tertiary/aromatic N) is 2. The van der Waals surface area contributed by atoms with Crippen LogP contribution in [0, 0.1) is 0 Å². The van der Waals surface area contributed by atoms with E-state index in [1.807, 2.05) is 18.2 Å². The summed E-state index contributed by atoms with van der Waals surface area (Å²) in [5.41, 5.74) is 1.21. The molecule has 1 aliphatic heterocycles.